The van der Waals surface area contributed by atoms with Gasteiger partial charge in [-0.2, -0.15) is 0 Å². The van der Waals surface area contributed by atoms with Gasteiger partial charge in [-0.05, 0) is 40.8 Å². The van der Waals surface area contributed by atoms with Crippen molar-refractivity contribution >= 4 is 38.3 Å². The third-order valence-corrected chi connectivity index (χ3v) is 4.42. The lowest BCUT2D eigenvalue weighted by Crippen LogP contribution is -2.13. The zero-order valence-electron chi connectivity index (χ0n) is 8.65. The summed E-state index contributed by atoms with van der Waals surface area (Å²) >= 11 is 1.46. The molecular weight excluding hydrogens is 379 g/mol. The summed E-state index contributed by atoms with van der Waals surface area (Å²) in [5, 5.41) is 0. The van der Waals surface area contributed by atoms with Crippen LogP contribution in [0.5, 0.6) is 0 Å². The zero-order chi connectivity index (χ0) is 13.3. The number of sulfonamides is 1. The van der Waals surface area contributed by atoms with E-state index in [9.17, 15) is 17.2 Å². The summed E-state index contributed by atoms with van der Waals surface area (Å²) in [6.45, 7) is 0. The minimum absolute atomic E-state index is 0.138. The standard InChI is InChI=1S/C10H6F2INO3S/c11-7-1-2-8(9(12)10(7)13)14-18(15,16)6-3-4-17-5-6/h1-5,14H. The average molecular weight is 385 g/mol. The Morgan fingerprint density at radius 2 is 1.94 bits per heavy atom. The second kappa shape index (κ2) is 4.84. The Morgan fingerprint density at radius 3 is 2.56 bits per heavy atom. The van der Waals surface area contributed by atoms with Crippen LogP contribution in [-0.2, 0) is 10.0 Å². The highest BCUT2D eigenvalue weighted by Crippen LogP contribution is 2.25. The predicted molar refractivity (Wildman–Crippen MR) is 68.6 cm³/mol. The summed E-state index contributed by atoms with van der Waals surface area (Å²) in [6.07, 6.45) is 2.19. The van der Waals surface area contributed by atoms with E-state index in [0.29, 0.717) is 0 Å². The van der Waals surface area contributed by atoms with E-state index >= 15 is 0 Å². The van der Waals surface area contributed by atoms with Crippen molar-refractivity contribution in [3.05, 3.63) is 45.9 Å². The molecule has 8 heteroatoms. The van der Waals surface area contributed by atoms with E-state index < -0.39 is 21.7 Å². The Balaban J connectivity index is 2.39. The summed E-state index contributed by atoms with van der Waals surface area (Å²) in [7, 11) is -3.93. The summed E-state index contributed by atoms with van der Waals surface area (Å²) in [4.78, 5) is -0.138. The molecule has 0 saturated heterocycles. The van der Waals surface area contributed by atoms with Crippen LogP contribution >= 0.6 is 22.6 Å². The maximum Gasteiger partial charge on any atom is 0.265 e. The average Bonchev–Trinajstić information content (AvgIpc) is 2.84. The maximum atomic E-state index is 13.6. The molecule has 0 aliphatic rings. The van der Waals surface area contributed by atoms with Crippen molar-refractivity contribution in [1.29, 1.82) is 0 Å². The van der Waals surface area contributed by atoms with Crippen molar-refractivity contribution in [2.75, 3.05) is 4.72 Å². The van der Waals surface area contributed by atoms with E-state index in [1.54, 1.807) is 0 Å². The molecule has 0 radical (unpaired) electrons. The molecule has 2 aromatic rings. The number of anilines is 1. The number of benzene rings is 1. The fraction of sp³-hybridized carbons (Fsp3) is 0. The number of hydrogen-bond donors (Lipinski definition) is 1. The van der Waals surface area contributed by atoms with Crippen molar-refractivity contribution in [3.8, 4) is 0 Å². The highest BCUT2D eigenvalue weighted by Gasteiger charge is 2.19. The van der Waals surface area contributed by atoms with Gasteiger partial charge in [-0.15, -0.1) is 0 Å². The van der Waals surface area contributed by atoms with E-state index in [2.05, 4.69) is 4.42 Å². The van der Waals surface area contributed by atoms with Crippen molar-refractivity contribution in [3.63, 3.8) is 0 Å². The lowest BCUT2D eigenvalue weighted by Gasteiger charge is -2.08. The lowest BCUT2D eigenvalue weighted by molar-refractivity contribution is 0.556. The minimum Gasteiger partial charge on any atom is -0.471 e. The van der Waals surface area contributed by atoms with Gasteiger partial charge in [-0.25, -0.2) is 17.2 Å². The number of halogens is 3. The van der Waals surface area contributed by atoms with Crippen molar-refractivity contribution < 1.29 is 21.6 Å². The number of hydrogen-bond acceptors (Lipinski definition) is 3. The summed E-state index contributed by atoms with van der Waals surface area (Å²) in [6, 6.07) is 3.22. The highest BCUT2D eigenvalue weighted by atomic mass is 127. The van der Waals surface area contributed by atoms with Crippen LogP contribution in [0.25, 0.3) is 0 Å². The largest absolute Gasteiger partial charge is 0.471 e. The van der Waals surface area contributed by atoms with Gasteiger partial charge in [0.15, 0.2) is 5.82 Å². The molecule has 0 amide bonds. The molecular formula is C10H6F2INO3S. The normalized spacial score (nSPS) is 11.5. The fourth-order valence-corrected chi connectivity index (χ4v) is 2.67. The smallest absolute Gasteiger partial charge is 0.265 e. The minimum atomic E-state index is -3.93. The van der Waals surface area contributed by atoms with Crippen molar-refractivity contribution in [2.45, 2.75) is 4.90 Å². The Bertz CT molecular complexity index is 671. The third kappa shape index (κ3) is 2.48. The zero-order valence-corrected chi connectivity index (χ0v) is 11.6. The predicted octanol–water partition coefficient (Wildman–Crippen LogP) is 2.96. The quantitative estimate of drug-likeness (QED) is 0.653. The van der Waals surface area contributed by atoms with Crippen molar-refractivity contribution in [2.24, 2.45) is 0 Å². The molecule has 0 aliphatic heterocycles. The molecule has 0 unspecified atom stereocenters. The van der Waals surface area contributed by atoms with Gasteiger partial charge >= 0.3 is 0 Å². The van der Waals surface area contributed by atoms with Gasteiger partial charge in [0.1, 0.15) is 17.0 Å². The molecule has 1 N–H and O–H groups in total. The molecule has 0 bridgehead atoms. The first-order chi connectivity index (χ1) is 8.42. The Morgan fingerprint density at radius 1 is 1.22 bits per heavy atom. The molecule has 2 rings (SSSR count). The van der Waals surface area contributed by atoms with E-state index in [4.69, 9.17) is 0 Å². The van der Waals surface area contributed by atoms with Crippen LogP contribution in [0.3, 0.4) is 0 Å². The van der Waals surface area contributed by atoms with Gasteiger partial charge in [-0.3, -0.25) is 4.72 Å². The lowest BCUT2D eigenvalue weighted by atomic mass is 10.3. The first kappa shape index (κ1) is 13.3. The number of furan rings is 1. The molecule has 1 aromatic heterocycles. The molecule has 0 spiro atoms. The molecule has 0 aliphatic carbocycles. The molecule has 1 aromatic carbocycles. The number of nitrogens with one attached hydrogen (secondary N) is 1. The van der Waals surface area contributed by atoms with Gasteiger partial charge in [0, 0.05) is 0 Å². The van der Waals surface area contributed by atoms with Gasteiger partial charge in [-0.1, -0.05) is 0 Å². The van der Waals surface area contributed by atoms with Crippen LogP contribution in [-0.4, -0.2) is 8.42 Å². The van der Waals surface area contributed by atoms with Gasteiger partial charge in [0.05, 0.1) is 15.5 Å². The molecule has 0 atom stereocenters. The van der Waals surface area contributed by atoms with Crippen LogP contribution in [0.2, 0.25) is 0 Å². The Labute approximate surface area is 115 Å². The van der Waals surface area contributed by atoms with Crippen LogP contribution in [0, 0.1) is 15.2 Å². The van der Waals surface area contributed by atoms with Crippen LogP contribution in [0.1, 0.15) is 0 Å². The molecule has 1 heterocycles. The first-order valence-corrected chi connectivity index (χ1v) is 7.16. The second-order valence-electron chi connectivity index (χ2n) is 3.29. The number of rotatable bonds is 3. The van der Waals surface area contributed by atoms with E-state index in [1.165, 1.54) is 34.9 Å². The molecule has 4 nitrogen and oxygen atoms in total. The first-order valence-electron chi connectivity index (χ1n) is 4.60. The van der Waals surface area contributed by atoms with Gasteiger partial charge < -0.3 is 4.42 Å². The summed E-state index contributed by atoms with van der Waals surface area (Å²) < 4.78 is 56.6. The SMILES string of the molecule is O=S(=O)(Nc1ccc(F)c(I)c1F)c1ccoc1. The Kier molecular flexibility index (Phi) is 3.57. The highest BCUT2D eigenvalue weighted by molar-refractivity contribution is 14.1. The molecule has 0 saturated carbocycles. The van der Waals surface area contributed by atoms with E-state index in [-0.39, 0.29) is 14.2 Å². The van der Waals surface area contributed by atoms with Crippen LogP contribution in [0.15, 0.2) is 40.0 Å². The molecule has 18 heavy (non-hydrogen) atoms. The molecule has 96 valence electrons. The van der Waals surface area contributed by atoms with E-state index in [1.807, 2.05) is 4.72 Å². The maximum absolute atomic E-state index is 13.6. The van der Waals surface area contributed by atoms with E-state index in [0.717, 1.165) is 18.4 Å². The monoisotopic (exact) mass is 385 g/mol. The molecule has 0 fully saturated rings. The second-order valence-corrected chi connectivity index (χ2v) is 6.05. The topological polar surface area (TPSA) is 59.3 Å². The van der Waals surface area contributed by atoms with Gasteiger partial charge in [0.25, 0.3) is 10.0 Å². The summed E-state index contributed by atoms with van der Waals surface area (Å²) in [5.74, 6) is -1.71. The van der Waals surface area contributed by atoms with Gasteiger partial charge in [0.2, 0.25) is 0 Å². The third-order valence-electron chi connectivity index (χ3n) is 2.08. The fourth-order valence-electron chi connectivity index (χ4n) is 1.21. The summed E-state index contributed by atoms with van der Waals surface area (Å²) in [5.41, 5.74) is -0.318. The Hall–Kier alpha value is -1.16. The van der Waals surface area contributed by atoms with Crippen LogP contribution < -0.4 is 4.72 Å². The van der Waals surface area contributed by atoms with Crippen LogP contribution in [0.4, 0.5) is 14.5 Å². The van der Waals surface area contributed by atoms with Crippen molar-refractivity contribution in [1.82, 2.24) is 0 Å².